The molecule has 4 fully saturated rings. The van der Waals surface area contributed by atoms with E-state index in [4.69, 9.17) is 4.74 Å². The summed E-state index contributed by atoms with van der Waals surface area (Å²) in [5, 5.41) is 0. The van der Waals surface area contributed by atoms with E-state index in [1.165, 1.54) is 64.2 Å². The molecule has 0 aliphatic heterocycles. The van der Waals surface area contributed by atoms with Crippen LogP contribution in [0.1, 0.15) is 98.3 Å². The molecule has 4 aliphatic rings. The average molecular weight is 375 g/mol. The van der Waals surface area contributed by atoms with Crippen molar-refractivity contribution in [1.29, 1.82) is 0 Å². The maximum atomic E-state index is 12.1. The number of ether oxygens (including phenoxy) is 1. The van der Waals surface area contributed by atoms with Crippen LogP contribution in [0.4, 0.5) is 0 Å². The molecule has 4 aliphatic carbocycles. The van der Waals surface area contributed by atoms with Gasteiger partial charge >= 0.3 is 5.97 Å². The van der Waals surface area contributed by atoms with Crippen LogP contribution in [-0.2, 0) is 9.53 Å². The van der Waals surface area contributed by atoms with E-state index in [0.29, 0.717) is 35.7 Å². The lowest BCUT2D eigenvalue weighted by atomic mass is 9.44. The fraction of sp³-hybridized carbons (Fsp3) is 0.960. The van der Waals surface area contributed by atoms with Crippen LogP contribution in [0, 0.1) is 46.3 Å². The summed E-state index contributed by atoms with van der Waals surface area (Å²) in [6.07, 6.45) is 15.1. The van der Waals surface area contributed by atoms with Crippen LogP contribution in [0.2, 0.25) is 0 Å². The Balaban J connectivity index is 1.50. The lowest BCUT2D eigenvalue weighted by Crippen LogP contribution is -2.53. The molecule has 0 saturated heterocycles. The van der Waals surface area contributed by atoms with E-state index in [1.54, 1.807) is 0 Å². The molecule has 2 heteroatoms. The summed E-state index contributed by atoms with van der Waals surface area (Å²) in [5.41, 5.74) is 1.10. The van der Waals surface area contributed by atoms with Crippen molar-refractivity contribution in [2.75, 3.05) is 6.61 Å². The summed E-state index contributed by atoms with van der Waals surface area (Å²) in [5.74, 6) is 5.06. The minimum atomic E-state index is 0.0148. The molecule has 2 nitrogen and oxygen atoms in total. The van der Waals surface area contributed by atoms with E-state index in [0.717, 1.165) is 23.7 Å². The van der Waals surface area contributed by atoms with Gasteiger partial charge < -0.3 is 4.74 Å². The van der Waals surface area contributed by atoms with E-state index in [-0.39, 0.29) is 5.97 Å². The lowest BCUT2D eigenvalue weighted by Gasteiger charge is -2.60. The molecule has 0 N–H and O–H groups in total. The Labute approximate surface area is 167 Å². The molecule has 154 valence electrons. The average Bonchev–Trinajstić information content (AvgIpc) is 2.98. The second kappa shape index (κ2) is 7.38. The summed E-state index contributed by atoms with van der Waals surface area (Å²) in [7, 11) is 0. The molecule has 0 aromatic rings. The number of hydrogen-bond donors (Lipinski definition) is 0. The van der Waals surface area contributed by atoms with Gasteiger partial charge in [-0.2, -0.15) is 0 Å². The minimum Gasteiger partial charge on any atom is -0.466 e. The normalized spacial score (nSPS) is 47.5. The molecule has 27 heavy (non-hydrogen) atoms. The van der Waals surface area contributed by atoms with Gasteiger partial charge in [0.2, 0.25) is 0 Å². The zero-order valence-corrected chi connectivity index (χ0v) is 18.3. The number of carbonyl (C=O) groups is 1. The maximum Gasteiger partial charge on any atom is 0.306 e. The van der Waals surface area contributed by atoms with Gasteiger partial charge in [0.1, 0.15) is 0 Å². The monoisotopic (exact) mass is 374 g/mol. The molecule has 0 heterocycles. The topological polar surface area (TPSA) is 26.3 Å². The number of hydrogen-bond acceptors (Lipinski definition) is 2. The molecule has 0 aromatic carbocycles. The Hall–Kier alpha value is -0.530. The molecule has 0 amide bonds. The summed E-state index contributed by atoms with van der Waals surface area (Å²) >= 11 is 0. The van der Waals surface area contributed by atoms with Crippen LogP contribution in [0.5, 0.6) is 0 Å². The first-order valence-electron chi connectivity index (χ1n) is 12.1. The fourth-order valence-corrected chi connectivity index (χ4v) is 8.90. The molecule has 4 rings (SSSR count). The summed E-state index contributed by atoms with van der Waals surface area (Å²) in [6.45, 7) is 10.0. The lowest BCUT2D eigenvalue weighted by molar-refractivity contribution is -0.145. The van der Waals surface area contributed by atoms with Crippen LogP contribution in [0.3, 0.4) is 0 Å². The van der Waals surface area contributed by atoms with Crippen LogP contribution in [0.25, 0.3) is 0 Å². The maximum absolute atomic E-state index is 12.1. The Morgan fingerprint density at radius 2 is 1.74 bits per heavy atom. The largest absolute Gasteiger partial charge is 0.466 e. The summed E-state index contributed by atoms with van der Waals surface area (Å²) in [4.78, 5) is 12.1. The van der Waals surface area contributed by atoms with Crippen molar-refractivity contribution in [3.63, 3.8) is 0 Å². The second-order valence-electron chi connectivity index (χ2n) is 11.1. The smallest absolute Gasteiger partial charge is 0.306 e. The Bertz CT molecular complexity index is 557. The number of esters is 1. The van der Waals surface area contributed by atoms with Crippen LogP contribution in [-0.4, -0.2) is 12.6 Å². The predicted molar refractivity (Wildman–Crippen MR) is 110 cm³/mol. The van der Waals surface area contributed by atoms with Gasteiger partial charge in [-0.05, 0) is 105 Å². The minimum absolute atomic E-state index is 0.0148. The molecule has 0 spiro atoms. The van der Waals surface area contributed by atoms with E-state index >= 15 is 0 Å². The van der Waals surface area contributed by atoms with Gasteiger partial charge in [0.05, 0.1) is 6.61 Å². The third-order valence-electron chi connectivity index (χ3n) is 10.1. The van der Waals surface area contributed by atoms with Gasteiger partial charge in [-0.3, -0.25) is 4.79 Å². The molecular weight excluding hydrogens is 332 g/mol. The van der Waals surface area contributed by atoms with Crippen molar-refractivity contribution in [2.24, 2.45) is 46.3 Å². The van der Waals surface area contributed by atoms with Gasteiger partial charge in [-0.1, -0.05) is 33.6 Å². The number of rotatable bonds is 4. The Morgan fingerprint density at radius 3 is 2.52 bits per heavy atom. The molecule has 0 radical (unpaired) electrons. The molecule has 4 saturated carbocycles. The van der Waals surface area contributed by atoms with E-state index in [9.17, 15) is 4.79 Å². The third-order valence-corrected chi connectivity index (χ3v) is 10.1. The highest BCUT2D eigenvalue weighted by molar-refractivity contribution is 5.69. The quantitative estimate of drug-likeness (QED) is 0.517. The first-order chi connectivity index (χ1) is 12.9. The fourth-order valence-electron chi connectivity index (χ4n) is 8.90. The molecule has 0 bridgehead atoms. The predicted octanol–water partition coefficient (Wildman–Crippen LogP) is 6.62. The highest BCUT2D eigenvalue weighted by atomic mass is 16.5. The van der Waals surface area contributed by atoms with Gasteiger partial charge in [-0.15, -0.1) is 0 Å². The zero-order chi connectivity index (χ0) is 19.2. The molecule has 0 unspecified atom stereocenters. The first kappa shape index (κ1) is 19.8. The molecule has 0 aromatic heterocycles. The number of fused-ring (bicyclic) bond motifs is 5. The van der Waals surface area contributed by atoms with Crippen LogP contribution in [0.15, 0.2) is 0 Å². The third kappa shape index (κ3) is 3.18. The van der Waals surface area contributed by atoms with Crippen molar-refractivity contribution < 1.29 is 9.53 Å². The summed E-state index contributed by atoms with van der Waals surface area (Å²) in [6, 6.07) is 0. The molecular formula is C25H42O2. The SMILES string of the molecule is CCOC(=O)C[C@@H](C)[C@H]1CC[C@H]2[C@@H]3CC[C@H]4CCCC[C@]4(C)[C@H]3CC[C@]12C. The van der Waals surface area contributed by atoms with Crippen molar-refractivity contribution >= 4 is 5.97 Å². The standard InChI is InChI=1S/C25H42O2/c1-5-27-23(26)16-17(2)20-11-12-21-19-10-9-18-8-6-7-14-24(18,3)22(19)13-15-25(20,21)4/h17-22H,5-16H2,1-4H3/t17-,18-,19+,20-,21+,22+,24+,25-/m1/s1. The van der Waals surface area contributed by atoms with Gasteiger partial charge in [0, 0.05) is 6.42 Å². The Kier molecular flexibility index (Phi) is 5.40. The van der Waals surface area contributed by atoms with Gasteiger partial charge in [-0.25, -0.2) is 0 Å². The van der Waals surface area contributed by atoms with Crippen LogP contribution < -0.4 is 0 Å². The van der Waals surface area contributed by atoms with Crippen molar-refractivity contribution in [3.8, 4) is 0 Å². The Morgan fingerprint density at radius 1 is 0.963 bits per heavy atom. The van der Waals surface area contributed by atoms with E-state index in [1.807, 2.05) is 6.92 Å². The second-order valence-corrected chi connectivity index (χ2v) is 11.1. The first-order valence-corrected chi connectivity index (χ1v) is 12.1. The van der Waals surface area contributed by atoms with E-state index in [2.05, 4.69) is 20.8 Å². The zero-order valence-electron chi connectivity index (χ0n) is 18.3. The highest BCUT2D eigenvalue weighted by Gasteiger charge is 2.60. The van der Waals surface area contributed by atoms with Crippen LogP contribution >= 0.6 is 0 Å². The van der Waals surface area contributed by atoms with Crippen molar-refractivity contribution in [2.45, 2.75) is 98.3 Å². The summed E-state index contributed by atoms with van der Waals surface area (Å²) < 4.78 is 5.26. The number of carbonyl (C=O) groups excluding carboxylic acids is 1. The van der Waals surface area contributed by atoms with Crippen molar-refractivity contribution in [3.05, 3.63) is 0 Å². The van der Waals surface area contributed by atoms with Crippen molar-refractivity contribution in [1.82, 2.24) is 0 Å². The molecule has 8 atom stereocenters. The highest BCUT2D eigenvalue weighted by Crippen LogP contribution is 2.68. The van der Waals surface area contributed by atoms with E-state index < -0.39 is 0 Å². The van der Waals surface area contributed by atoms with Gasteiger partial charge in [0.15, 0.2) is 0 Å². The van der Waals surface area contributed by atoms with Gasteiger partial charge in [0.25, 0.3) is 0 Å².